The highest BCUT2D eigenvalue weighted by atomic mass is 79.9. The van der Waals surface area contributed by atoms with E-state index in [-0.39, 0.29) is 5.91 Å². The van der Waals surface area contributed by atoms with Gasteiger partial charge in [0, 0.05) is 21.3 Å². The van der Waals surface area contributed by atoms with Gasteiger partial charge in [-0.05, 0) is 67.5 Å². The SMILES string of the molecule is O=C1Nc2ccc(Br)cc2C1=CC1=CC2=C(CCCC2)C1. The number of nitrogens with one attached hydrogen (secondary N) is 1. The number of carbonyl (C=O) groups excluding carboxylic acids is 1. The van der Waals surface area contributed by atoms with Crippen LogP contribution in [0, 0.1) is 0 Å². The molecule has 21 heavy (non-hydrogen) atoms. The minimum atomic E-state index is 0.00821. The van der Waals surface area contributed by atoms with Crippen molar-refractivity contribution in [3.05, 3.63) is 57.1 Å². The molecule has 1 aromatic carbocycles. The second kappa shape index (κ2) is 4.99. The average molecular weight is 342 g/mol. The predicted molar refractivity (Wildman–Crippen MR) is 88.9 cm³/mol. The number of fused-ring (bicyclic) bond motifs is 1. The Morgan fingerprint density at radius 3 is 2.90 bits per heavy atom. The van der Waals surface area contributed by atoms with Crippen LogP contribution >= 0.6 is 15.9 Å². The van der Waals surface area contributed by atoms with E-state index in [1.54, 1.807) is 5.57 Å². The van der Waals surface area contributed by atoms with Crippen molar-refractivity contribution in [3.63, 3.8) is 0 Å². The van der Waals surface area contributed by atoms with Crippen molar-refractivity contribution >= 4 is 33.1 Å². The summed E-state index contributed by atoms with van der Waals surface area (Å²) in [5, 5.41) is 2.94. The van der Waals surface area contributed by atoms with Gasteiger partial charge in [-0.25, -0.2) is 0 Å². The molecule has 1 aromatic rings. The van der Waals surface area contributed by atoms with Crippen LogP contribution < -0.4 is 5.32 Å². The molecule has 2 aliphatic carbocycles. The Morgan fingerprint density at radius 2 is 2.05 bits per heavy atom. The highest BCUT2D eigenvalue weighted by Gasteiger charge is 2.25. The zero-order valence-corrected chi connectivity index (χ0v) is 13.3. The topological polar surface area (TPSA) is 29.1 Å². The molecule has 1 amide bonds. The fraction of sp³-hybridized carbons (Fsp3) is 0.278. The fourth-order valence-corrected chi connectivity index (χ4v) is 3.83. The van der Waals surface area contributed by atoms with Crippen LogP contribution in [0.2, 0.25) is 0 Å². The van der Waals surface area contributed by atoms with Gasteiger partial charge in [0.15, 0.2) is 0 Å². The van der Waals surface area contributed by atoms with Crippen molar-refractivity contribution in [2.75, 3.05) is 5.32 Å². The smallest absolute Gasteiger partial charge is 0.256 e. The Balaban J connectivity index is 1.69. The van der Waals surface area contributed by atoms with E-state index in [0.29, 0.717) is 0 Å². The number of allylic oxidation sites excluding steroid dienone is 5. The van der Waals surface area contributed by atoms with E-state index in [4.69, 9.17) is 0 Å². The zero-order valence-electron chi connectivity index (χ0n) is 11.7. The van der Waals surface area contributed by atoms with Gasteiger partial charge in [0.2, 0.25) is 0 Å². The zero-order chi connectivity index (χ0) is 14.4. The summed E-state index contributed by atoms with van der Waals surface area (Å²) in [5.41, 5.74) is 7.07. The molecule has 1 aliphatic heterocycles. The third-order valence-electron chi connectivity index (χ3n) is 4.50. The highest BCUT2D eigenvalue weighted by molar-refractivity contribution is 9.10. The van der Waals surface area contributed by atoms with Gasteiger partial charge in [-0.3, -0.25) is 4.79 Å². The lowest BCUT2D eigenvalue weighted by Gasteiger charge is -2.12. The molecular formula is C18H16BrNO. The van der Waals surface area contributed by atoms with Gasteiger partial charge in [-0.2, -0.15) is 0 Å². The molecular weight excluding hydrogens is 326 g/mol. The van der Waals surface area contributed by atoms with E-state index in [1.807, 2.05) is 18.2 Å². The summed E-state index contributed by atoms with van der Waals surface area (Å²) >= 11 is 3.49. The first-order chi connectivity index (χ1) is 10.2. The summed E-state index contributed by atoms with van der Waals surface area (Å²) in [4.78, 5) is 12.2. The van der Waals surface area contributed by atoms with Crippen LogP contribution in [0.5, 0.6) is 0 Å². The summed E-state index contributed by atoms with van der Waals surface area (Å²) in [5.74, 6) is 0.00821. The summed E-state index contributed by atoms with van der Waals surface area (Å²) < 4.78 is 1.00. The number of benzene rings is 1. The first kappa shape index (κ1) is 13.1. The number of amides is 1. The quantitative estimate of drug-likeness (QED) is 0.716. The molecule has 0 unspecified atom stereocenters. The molecule has 106 valence electrons. The van der Waals surface area contributed by atoms with Crippen LogP contribution in [0.15, 0.2) is 51.5 Å². The van der Waals surface area contributed by atoms with Crippen molar-refractivity contribution in [3.8, 4) is 0 Å². The summed E-state index contributed by atoms with van der Waals surface area (Å²) in [6, 6.07) is 5.92. The van der Waals surface area contributed by atoms with Crippen molar-refractivity contribution in [1.82, 2.24) is 0 Å². The van der Waals surface area contributed by atoms with E-state index in [0.717, 1.165) is 27.7 Å². The minimum Gasteiger partial charge on any atom is -0.321 e. The molecule has 0 bridgehead atoms. The number of carbonyl (C=O) groups is 1. The molecule has 4 rings (SSSR count). The normalized spacial score (nSPS) is 22.2. The molecule has 1 heterocycles. The van der Waals surface area contributed by atoms with Gasteiger partial charge >= 0.3 is 0 Å². The summed E-state index contributed by atoms with van der Waals surface area (Å²) in [6.07, 6.45) is 10.4. The number of rotatable bonds is 1. The third-order valence-corrected chi connectivity index (χ3v) is 4.99. The molecule has 0 atom stereocenters. The van der Waals surface area contributed by atoms with Crippen molar-refractivity contribution in [2.24, 2.45) is 0 Å². The van der Waals surface area contributed by atoms with Gasteiger partial charge in [0.05, 0.1) is 0 Å². The van der Waals surface area contributed by atoms with Gasteiger partial charge in [-0.15, -0.1) is 0 Å². The maximum absolute atomic E-state index is 12.2. The number of hydrogen-bond donors (Lipinski definition) is 1. The first-order valence-electron chi connectivity index (χ1n) is 7.45. The van der Waals surface area contributed by atoms with Gasteiger partial charge in [0.1, 0.15) is 0 Å². The fourth-order valence-electron chi connectivity index (χ4n) is 3.47. The largest absolute Gasteiger partial charge is 0.321 e. The molecule has 0 aromatic heterocycles. The second-order valence-corrected chi connectivity index (χ2v) is 6.85. The van der Waals surface area contributed by atoms with Gasteiger partial charge in [-0.1, -0.05) is 27.6 Å². The first-order valence-corrected chi connectivity index (χ1v) is 8.24. The molecule has 2 nitrogen and oxygen atoms in total. The van der Waals surface area contributed by atoms with Crippen LogP contribution in [0.25, 0.3) is 5.57 Å². The number of halogens is 1. The standard InChI is InChI=1S/C18H16BrNO/c19-14-5-6-17-15(10-14)16(18(21)20-17)9-11-7-12-3-1-2-4-13(12)8-11/h5-7,9-10H,1-4,8H2,(H,20,21). The van der Waals surface area contributed by atoms with Crippen LogP contribution in [-0.4, -0.2) is 5.91 Å². The number of hydrogen-bond acceptors (Lipinski definition) is 1. The predicted octanol–water partition coefficient (Wildman–Crippen LogP) is 4.99. The Bertz CT molecular complexity index is 740. The van der Waals surface area contributed by atoms with Gasteiger partial charge in [0.25, 0.3) is 5.91 Å². The monoisotopic (exact) mass is 341 g/mol. The minimum absolute atomic E-state index is 0.00821. The van der Waals surface area contributed by atoms with E-state index < -0.39 is 0 Å². The molecule has 1 N–H and O–H groups in total. The van der Waals surface area contributed by atoms with Crippen molar-refractivity contribution < 1.29 is 4.79 Å². The molecule has 0 saturated carbocycles. The van der Waals surface area contributed by atoms with Crippen LogP contribution in [-0.2, 0) is 4.79 Å². The van der Waals surface area contributed by atoms with Crippen LogP contribution in [0.3, 0.4) is 0 Å². The molecule has 0 radical (unpaired) electrons. The average Bonchev–Trinajstić information content (AvgIpc) is 3.01. The number of anilines is 1. The molecule has 0 fully saturated rings. The molecule has 3 heteroatoms. The Kier molecular flexibility index (Phi) is 3.11. The lowest BCUT2D eigenvalue weighted by molar-refractivity contribution is -0.110. The van der Waals surface area contributed by atoms with E-state index in [9.17, 15) is 4.79 Å². The Hall–Kier alpha value is -1.61. The van der Waals surface area contributed by atoms with E-state index in [1.165, 1.54) is 36.8 Å². The summed E-state index contributed by atoms with van der Waals surface area (Å²) in [7, 11) is 0. The Labute approximate surface area is 132 Å². The van der Waals surface area contributed by atoms with Crippen molar-refractivity contribution in [2.45, 2.75) is 32.1 Å². The maximum atomic E-state index is 12.2. The van der Waals surface area contributed by atoms with E-state index >= 15 is 0 Å². The van der Waals surface area contributed by atoms with Crippen LogP contribution in [0.4, 0.5) is 5.69 Å². The van der Waals surface area contributed by atoms with Gasteiger partial charge < -0.3 is 5.32 Å². The molecule has 0 saturated heterocycles. The lowest BCUT2D eigenvalue weighted by atomic mass is 9.93. The maximum Gasteiger partial charge on any atom is 0.256 e. The highest BCUT2D eigenvalue weighted by Crippen LogP contribution is 2.39. The summed E-state index contributed by atoms with van der Waals surface area (Å²) in [6.45, 7) is 0. The lowest BCUT2D eigenvalue weighted by Crippen LogP contribution is -2.03. The Morgan fingerprint density at radius 1 is 1.19 bits per heavy atom. The molecule has 3 aliphatic rings. The van der Waals surface area contributed by atoms with E-state index in [2.05, 4.69) is 33.4 Å². The van der Waals surface area contributed by atoms with Crippen molar-refractivity contribution in [1.29, 1.82) is 0 Å². The molecule has 0 spiro atoms. The van der Waals surface area contributed by atoms with Crippen LogP contribution in [0.1, 0.15) is 37.7 Å². The third kappa shape index (κ3) is 2.30. The second-order valence-electron chi connectivity index (χ2n) is 5.93.